The van der Waals surface area contributed by atoms with Crippen molar-refractivity contribution in [2.45, 2.75) is 53.1 Å². The van der Waals surface area contributed by atoms with Crippen LogP contribution in [-0.2, 0) is 19.1 Å². The average Bonchev–Trinajstić information content (AvgIpc) is 2.26. The largest absolute Gasteiger partial charge is 0.469 e. The Labute approximate surface area is 114 Å². The Hall–Kier alpha value is -1.59. The quantitative estimate of drug-likeness (QED) is 0.718. The van der Waals surface area contributed by atoms with Crippen molar-refractivity contribution in [3.05, 3.63) is 0 Å². The number of esters is 1. The average molecular weight is 272 g/mol. The van der Waals surface area contributed by atoms with Crippen LogP contribution in [0.5, 0.6) is 0 Å². The SMILES string of the molecule is COC(=O)CC(C)NC(=O)C(C)NC(=O)C(C)(C)C. The first kappa shape index (κ1) is 17.4. The molecule has 0 aliphatic rings. The van der Waals surface area contributed by atoms with Gasteiger partial charge in [0, 0.05) is 11.5 Å². The highest BCUT2D eigenvalue weighted by Crippen LogP contribution is 2.12. The summed E-state index contributed by atoms with van der Waals surface area (Å²) < 4.78 is 4.51. The minimum atomic E-state index is -0.646. The van der Waals surface area contributed by atoms with E-state index in [0.29, 0.717) is 0 Å². The molecule has 2 unspecified atom stereocenters. The molecule has 110 valence electrons. The van der Waals surface area contributed by atoms with Gasteiger partial charge in [-0.1, -0.05) is 20.8 Å². The fourth-order valence-corrected chi connectivity index (χ4v) is 1.23. The monoisotopic (exact) mass is 272 g/mol. The van der Waals surface area contributed by atoms with Crippen LogP contribution < -0.4 is 10.6 Å². The zero-order valence-corrected chi connectivity index (χ0v) is 12.5. The molecule has 0 aromatic carbocycles. The molecule has 0 spiro atoms. The highest BCUT2D eigenvalue weighted by molar-refractivity contribution is 5.89. The van der Waals surface area contributed by atoms with Crippen molar-refractivity contribution in [2.75, 3.05) is 7.11 Å². The van der Waals surface area contributed by atoms with Gasteiger partial charge in [0.15, 0.2) is 0 Å². The van der Waals surface area contributed by atoms with Gasteiger partial charge in [-0.05, 0) is 13.8 Å². The summed E-state index contributed by atoms with van der Waals surface area (Å²) in [5.41, 5.74) is -0.549. The molecule has 2 amide bonds. The van der Waals surface area contributed by atoms with Crippen LogP contribution in [0.2, 0.25) is 0 Å². The molecule has 0 aromatic rings. The van der Waals surface area contributed by atoms with Gasteiger partial charge in [0.1, 0.15) is 6.04 Å². The van der Waals surface area contributed by atoms with E-state index in [-0.39, 0.29) is 30.2 Å². The summed E-state index contributed by atoms with van der Waals surface area (Å²) in [6, 6.07) is -0.985. The van der Waals surface area contributed by atoms with E-state index in [2.05, 4.69) is 15.4 Å². The van der Waals surface area contributed by atoms with Gasteiger partial charge in [0.2, 0.25) is 11.8 Å². The second-order valence-corrected chi connectivity index (χ2v) is 5.64. The van der Waals surface area contributed by atoms with Crippen LogP contribution >= 0.6 is 0 Å². The summed E-state index contributed by atoms with van der Waals surface area (Å²) in [4.78, 5) is 34.6. The Morgan fingerprint density at radius 2 is 1.63 bits per heavy atom. The fourth-order valence-electron chi connectivity index (χ4n) is 1.23. The first-order chi connectivity index (χ1) is 8.57. The minimum absolute atomic E-state index is 0.0994. The lowest BCUT2D eigenvalue weighted by Crippen LogP contribution is -2.50. The molecular weight excluding hydrogens is 248 g/mol. The lowest BCUT2D eigenvalue weighted by Gasteiger charge is -2.22. The summed E-state index contributed by atoms with van der Waals surface area (Å²) >= 11 is 0. The van der Waals surface area contributed by atoms with Gasteiger partial charge < -0.3 is 15.4 Å². The van der Waals surface area contributed by atoms with Crippen LogP contribution in [0.25, 0.3) is 0 Å². The highest BCUT2D eigenvalue weighted by atomic mass is 16.5. The molecule has 19 heavy (non-hydrogen) atoms. The molecule has 2 atom stereocenters. The molecule has 0 saturated heterocycles. The topological polar surface area (TPSA) is 84.5 Å². The second kappa shape index (κ2) is 7.11. The van der Waals surface area contributed by atoms with E-state index in [9.17, 15) is 14.4 Å². The van der Waals surface area contributed by atoms with Crippen molar-refractivity contribution in [1.29, 1.82) is 0 Å². The molecule has 6 heteroatoms. The maximum Gasteiger partial charge on any atom is 0.307 e. The van der Waals surface area contributed by atoms with Crippen molar-refractivity contribution >= 4 is 17.8 Å². The van der Waals surface area contributed by atoms with Crippen molar-refractivity contribution < 1.29 is 19.1 Å². The summed E-state index contributed by atoms with van der Waals surface area (Å²) in [6.07, 6.45) is 0.0994. The number of nitrogens with one attached hydrogen (secondary N) is 2. The van der Waals surface area contributed by atoms with Crippen LogP contribution in [0.4, 0.5) is 0 Å². The summed E-state index contributed by atoms with van der Waals surface area (Å²) in [5.74, 6) is -0.913. The number of carbonyl (C=O) groups is 3. The third-order valence-electron chi connectivity index (χ3n) is 2.51. The molecule has 0 aliphatic heterocycles. The molecule has 0 saturated carbocycles. The smallest absolute Gasteiger partial charge is 0.307 e. The Bertz CT molecular complexity index is 347. The summed E-state index contributed by atoms with van der Waals surface area (Å²) in [7, 11) is 1.29. The molecule has 0 radical (unpaired) electrons. The number of amides is 2. The van der Waals surface area contributed by atoms with Crippen molar-refractivity contribution in [1.82, 2.24) is 10.6 Å². The zero-order chi connectivity index (χ0) is 15.2. The number of carbonyl (C=O) groups excluding carboxylic acids is 3. The Balaban J connectivity index is 4.28. The molecule has 2 N–H and O–H groups in total. The first-order valence-corrected chi connectivity index (χ1v) is 6.26. The highest BCUT2D eigenvalue weighted by Gasteiger charge is 2.25. The van der Waals surface area contributed by atoms with E-state index in [0.717, 1.165) is 0 Å². The summed E-state index contributed by atoms with van der Waals surface area (Å²) in [5, 5.41) is 5.27. The van der Waals surface area contributed by atoms with Gasteiger partial charge in [-0.2, -0.15) is 0 Å². The van der Waals surface area contributed by atoms with E-state index in [1.54, 1.807) is 34.6 Å². The van der Waals surface area contributed by atoms with Crippen molar-refractivity contribution in [2.24, 2.45) is 5.41 Å². The van der Waals surface area contributed by atoms with E-state index in [1.165, 1.54) is 7.11 Å². The van der Waals surface area contributed by atoms with Crippen molar-refractivity contribution in [3.63, 3.8) is 0 Å². The van der Waals surface area contributed by atoms with Crippen LogP contribution in [0.1, 0.15) is 41.0 Å². The molecule has 0 bridgehead atoms. The predicted octanol–water partition coefficient (Wildman–Crippen LogP) is 0.605. The number of rotatable bonds is 5. The van der Waals surface area contributed by atoms with Gasteiger partial charge in [-0.3, -0.25) is 14.4 Å². The minimum Gasteiger partial charge on any atom is -0.469 e. The fraction of sp³-hybridized carbons (Fsp3) is 0.769. The molecule has 0 aliphatic carbocycles. The van der Waals surface area contributed by atoms with E-state index < -0.39 is 11.5 Å². The van der Waals surface area contributed by atoms with Gasteiger partial charge >= 0.3 is 5.97 Å². The number of methoxy groups -OCH3 is 1. The molecule has 0 fully saturated rings. The molecular formula is C13H24N2O4. The maximum atomic E-state index is 11.8. The van der Waals surface area contributed by atoms with Gasteiger partial charge in [-0.25, -0.2) is 0 Å². The summed E-state index contributed by atoms with van der Waals surface area (Å²) in [6.45, 7) is 8.61. The van der Waals surface area contributed by atoms with Gasteiger partial charge in [-0.15, -0.1) is 0 Å². The first-order valence-electron chi connectivity index (χ1n) is 6.26. The lowest BCUT2D eigenvalue weighted by atomic mass is 9.95. The standard InChI is InChI=1S/C13H24N2O4/c1-8(7-10(16)19-6)14-11(17)9(2)15-12(18)13(3,4)5/h8-9H,7H2,1-6H3,(H,14,17)(H,15,18). The second-order valence-electron chi connectivity index (χ2n) is 5.64. The lowest BCUT2D eigenvalue weighted by molar-refractivity contribution is -0.141. The van der Waals surface area contributed by atoms with Crippen molar-refractivity contribution in [3.8, 4) is 0 Å². The number of ether oxygens (including phenoxy) is 1. The van der Waals surface area contributed by atoms with Crippen LogP contribution in [0, 0.1) is 5.41 Å². The normalized spacial score (nSPS) is 14.2. The predicted molar refractivity (Wildman–Crippen MR) is 71.3 cm³/mol. The third-order valence-corrected chi connectivity index (χ3v) is 2.51. The van der Waals surface area contributed by atoms with Gasteiger partial charge in [0.05, 0.1) is 13.5 Å². The molecule has 0 rings (SSSR count). The van der Waals surface area contributed by atoms with Crippen LogP contribution in [-0.4, -0.2) is 37.0 Å². The maximum absolute atomic E-state index is 11.8. The number of hydrogen-bond acceptors (Lipinski definition) is 4. The van der Waals surface area contributed by atoms with E-state index >= 15 is 0 Å². The van der Waals surface area contributed by atoms with E-state index in [1.807, 2.05) is 0 Å². The molecule has 6 nitrogen and oxygen atoms in total. The number of hydrogen-bond donors (Lipinski definition) is 2. The molecule has 0 heterocycles. The van der Waals surface area contributed by atoms with Crippen LogP contribution in [0.15, 0.2) is 0 Å². The third kappa shape index (κ3) is 6.79. The Morgan fingerprint density at radius 1 is 1.11 bits per heavy atom. The Kier molecular flexibility index (Phi) is 6.52. The Morgan fingerprint density at radius 3 is 2.05 bits per heavy atom. The van der Waals surface area contributed by atoms with Crippen LogP contribution in [0.3, 0.4) is 0 Å². The van der Waals surface area contributed by atoms with E-state index in [4.69, 9.17) is 0 Å². The van der Waals surface area contributed by atoms with Gasteiger partial charge in [0.25, 0.3) is 0 Å². The zero-order valence-electron chi connectivity index (χ0n) is 12.5. The molecule has 0 aromatic heterocycles.